The van der Waals surface area contributed by atoms with Gasteiger partial charge in [-0.15, -0.1) is 0 Å². The van der Waals surface area contributed by atoms with E-state index in [1.165, 1.54) is 6.42 Å². The second-order valence-electron chi connectivity index (χ2n) is 6.14. The zero-order valence-electron chi connectivity index (χ0n) is 11.8. The Bertz CT molecular complexity index is 203. The Hall–Kier alpha value is -0.530. The Morgan fingerprint density at radius 1 is 1.25 bits per heavy atom. The standard InChI is InChI=1S/C14H28O2/c1-7-12(3)13(15)16-9-8-11(2)10-14(4,5)6/h11-12H,7-10H2,1-6H3. The number of hydrogen-bond donors (Lipinski definition) is 0. The van der Waals surface area contributed by atoms with Crippen molar-refractivity contribution in [2.24, 2.45) is 17.3 Å². The summed E-state index contributed by atoms with van der Waals surface area (Å²) in [6, 6.07) is 0. The van der Waals surface area contributed by atoms with E-state index < -0.39 is 0 Å². The van der Waals surface area contributed by atoms with Gasteiger partial charge in [-0.1, -0.05) is 41.5 Å². The van der Waals surface area contributed by atoms with Crippen LogP contribution >= 0.6 is 0 Å². The van der Waals surface area contributed by atoms with E-state index in [9.17, 15) is 4.79 Å². The SMILES string of the molecule is CCC(C)C(=O)OCCC(C)CC(C)(C)C. The number of esters is 1. The molecule has 0 heterocycles. The molecule has 0 rings (SSSR count). The molecule has 0 aliphatic carbocycles. The average molecular weight is 228 g/mol. The Kier molecular flexibility index (Phi) is 6.70. The minimum absolute atomic E-state index is 0.0397. The first-order valence-corrected chi connectivity index (χ1v) is 6.43. The maximum atomic E-state index is 11.4. The highest BCUT2D eigenvalue weighted by molar-refractivity contribution is 5.71. The third kappa shape index (κ3) is 7.72. The number of hydrogen-bond acceptors (Lipinski definition) is 2. The normalized spacial score (nSPS) is 15.6. The van der Waals surface area contributed by atoms with Crippen molar-refractivity contribution in [3.8, 4) is 0 Å². The van der Waals surface area contributed by atoms with Crippen LogP contribution in [0, 0.1) is 17.3 Å². The lowest BCUT2D eigenvalue weighted by molar-refractivity contribution is -0.148. The maximum absolute atomic E-state index is 11.4. The zero-order valence-corrected chi connectivity index (χ0v) is 11.8. The minimum Gasteiger partial charge on any atom is -0.465 e. The molecule has 16 heavy (non-hydrogen) atoms. The summed E-state index contributed by atoms with van der Waals surface area (Å²) in [5.41, 5.74) is 0.361. The summed E-state index contributed by atoms with van der Waals surface area (Å²) in [7, 11) is 0. The summed E-state index contributed by atoms with van der Waals surface area (Å²) in [4.78, 5) is 11.4. The first kappa shape index (κ1) is 15.5. The fourth-order valence-electron chi connectivity index (χ4n) is 1.82. The van der Waals surface area contributed by atoms with Gasteiger partial charge in [0.15, 0.2) is 0 Å². The molecule has 0 N–H and O–H groups in total. The van der Waals surface area contributed by atoms with Crippen LogP contribution in [0.2, 0.25) is 0 Å². The van der Waals surface area contributed by atoms with Crippen LogP contribution in [0.5, 0.6) is 0 Å². The fraction of sp³-hybridized carbons (Fsp3) is 0.929. The van der Waals surface area contributed by atoms with Crippen LogP contribution in [-0.4, -0.2) is 12.6 Å². The van der Waals surface area contributed by atoms with Gasteiger partial charge < -0.3 is 4.74 Å². The molecule has 0 fully saturated rings. The highest BCUT2D eigenvalue weighted by atomic mass is 16.5. The third-order valence-electron chi connectivity index (χ3n) is 2.83. The van der Waals surface area contributed by atoms with Crippen molar-refractivity contribution >= 4 is 5.97 Å². The van der Waals surface area contributed by atoms with E-state index in [2.05, 4.69) is 27.7 Å². The molecule has 0 amide bonds. The third-order valence-corrected chi connectivity index (χ3v) is 2.83. The molecule has 0 aliphatic rings. The van der Waals surface area contributed by atoms with Crippen LogP contribution in [-0.2, 0) is 9.53 Å². The first-order valence-electron chi connectivity index (χ1n) is 6.43. The topological polar surface area (TPSA) is 26.3 Å². The van der Waals surface area contributed by atoms with Gasteiger partial charge in [0.25, 0.3) is 0 Å². The molecule has 0 aromatic heterocycles. The van der Waals surface area contributed by atoms with Gasteiger partial charge >= 0.3 is 5.97 Å². The fourth-order valence-corrected chi connectivity index (χ4v) is 1.82. The maximum Gasteiger partial charge on any atom is 0.308 e. The molecule has 2 atom stereocenters. The monoisotopic (exact) mass is 228 g/mol. The Balaban J connectivity index is 3.70. The molecule has 0 bridgehead atoms. The van der Waals surface area contributed by atoms with E-state index >= 15 is 0 Å². The van der Waals surface area contributed by atoms with E-state index in [0.29, 0.717) is 17.9 Å². The molecule has 0 aliphatic heterocycles. The van der Waals surface area contributed by atoms with Gasteiger partial charge in [-0.3, -0.25) is 4.79 Å². The van der Waals surface area contributed by atoms with Crippen LogP contribution in [0.15, 0.2) is 0 Å². The Morgan fingerprint density at radius 3 is 2.25 bits per heavy atom. The van der Waals surface area contributed by atoms with E-state index in [-0.39, 0.29) is 11.9 Å². The summed E-state index contributed by atoms with van der Waals surface area (Å²) in [5, 5.41) is 0. The van der Waals surface area contributed by atoms with Gasteiger partial charge in [-0.25, -0.2) is 0 Å². The molecule has 2 unspecified atom stereocenters. The number of carbonyl (C=O) groups excluding carboxylic acids is 1. The molecule has 0 aromatic carbocycles. The van der Waals surface area contributed by atoms with Gasteiger partial charge in [-0.05, 0) is 30.6 Å². The lowest BCUT2D eigenvalue weighted by atomic mass is 9.84. The van der Waals surface area contributed by atoms with E-state index in [1.54, 1.807) is 0 Å². The predicted molar refractivity (Wildman–Crippen MR) is 68.3 cm³/mol. The summed E-state index contributed by atoms with van der Waals surface area (Å²) in [6.07, 6.45) is 3.00. The van der Waals surface area contributed by atoms with Crippen molar-refractivity contribution in [1.29, 1.82) is 0 Å². The Morgan fingerprint density at radius 2 is 1.81 bits per heavy atom. The van der Waals surface area contributed by atoms with Gasteiger partial charge in [0.2, 0.25) is 0 Å². The van der Waals surface area contributed by atoms with E-state index in [4.69, 9.17) is 4.74 Å². The van der Waals surface area contributed by atoms with E-state index in [1.807, 2.05) is 13.8 Å². The molecule has 0 saturated heterocycles. The molecular weight excluding hydrogens is 200 g/mol. The summed E-state index contributed by atoms with van der Waals surface area (Å²) in [5.74, 6) is 0.605. The molecular formula is C14H28O2. The molecule has 0 aromatic rings. The molecule has 0 spiro atoms. The first-order chi connectivity index (χ1) is 7.26. The van der Waals surface area contributed by atoms with Crippen molar-refractivity contribution in [3.05, 3.63) is 0 Å². The zero-order chi connectivity index (χ0) is 12.8. The summed E-state index contributed by atoms with van der Waals surface area (Å²) in [6.45, 7) is 13.5. The predicted octanol–water partition coefficient (Wildman–Crippen LogP) is 4.04. The van der Waals surface area contributed by atoms with Gasteiger partial charge in [0.1, 0.15) is 0 Å². The van der Waals surface area contributed by atoms with Gasteiger partial charge in [-0.2, -0.15) is 0 Å². The van der Waals surface area contributed by atoms with Crippen LogP contribution in [0.25, 0.3) is 0 Å². The van der Waals surface area contributed by atoms with Crippen LogP contribution in [0.3, 0.4) is 0 Å². The second kappa shape index (κ2) is 6.93. The van der Waals surface area contributed by atoms with Crippen molar-refractivity contribution in [1.82, 2.24) is 0 Å². The molecule has 0 saturated carbocycles. The molecule has 2 heteroatoms. The largest absolute Gasteiger partial charge is 0.465 e. The number of ether oxygens (including phenoxy) is 1. The van der Waals surface area contributed by atoms with Crippen LogP contribution in [0.1, 0.15) is 60.8 Å². The number of carbonyl (C=O) groups is 1. The lowest BCUT2D eigenvalue weighted by Crippen LogP contribution is -2.17. The van der Waals surface area contributed by atoms with Gasteiger partial charge in [0.05, 0.1) is 12.5 Å². The Labute approximate surface area is 101 Å². The minimum atomic E-state index is -0.0505. The summed E-state index contributed by atoms with van der Waals surface area (Å²) >= 11 is 0. The van der Waals surface area contributed by atoms with Crippen molar-refractivity contribution < 1.29 is 9.53 Å². The van der Waals surface area contributed by atoms with E-state index in [0.717, 1.165) is 12.8 Å². The average Bonchev–Trinajstić information content (AvgIpc) is 2.13. The molecule has 0 radical (unpaired) electrons. The lowest BCUT2D eigenvalue weighted by Gasteiger charge is -2.23. The van der Waals surface area contributed by atoms with Crippen molar-refractivity contribution in [3.63, 3.8) is 0 Å². The number of rotatable bonds is 6. The van der Waals surface area contributed by atoms with Crippen LogP contribution < -0.4 is 0 Å². The van der Waals surface area contributed by atoms with Crippen LogP contribution in [0.4, 0.5) is 0 Å². The second-order valence-corrected chi connectivity index (χ2v) is 6.14. The smallest absolute Gasteiger partial charge is 0.308 e. The molecule has 2 nitrogen and oxygen atoms in total. The summed E-state index contributed by atoms with van der Waals surface area (Å²) < 4.78 is 5.24. The highest BCUT2D eigenvalue weighted by Crippen LogP contribution is 2.25. The van der Waals surface area contributed by atoms with Crippen molar-refractivity contribution in [2.75, 3.05) is 6.61 Å². The van der Waals surface area contributed by atoms with Crippen molar-refractivity contribution in [2.45, 2.75) is 60.8 Å². The highest BCUT2D eigenvalue weighted by Gasteiger charge is 2.16. The molecule has 96 valence electrons. The quantitative estimate of drug-likeness (QED) is 0.641. The van der Waals surface area contributed by atoms with Gasteiger partial charge in [0, 0.05) is 0 Å².